The first-order valence-electron chi connectivity index (χ1n) is 8.30. The lowest BCUT2D eigenvalue weighted by molar-refractivity contribution is -0.126. The van der Waals surface area contributed by atoms with E-state index in [1.165, 1.54) is 51.4 Å². The van der Waals surface area contributed by atoms with E-state index in [9.17, 15) is 4.79 Å². The zero-order chi connectivity index (χ0) is 13.2. The highest BCUT2D eigenvalue weighted by molar-refractivity contribution is 5.80. The Labute approximate surface area is 116 Å². The summed E-state index contributed by atoms with van der Waals surface area (Å²) in [4.78, 5) is 12.4. The Morgan fingerprint density at radius 1 is 1.11 bits per heavy atom. The number of carbonyl (C=O) groups excluding carboxylic acids is 1. The molecule has 0 radical (unpaired) electrons. The largest absolute Gasteiger partial charge is 0.353 e. The van der Waals surface area contributed by atoms with Crippen LogP contribution >= 0.6 is 0 Å². The van der Waals surface area contributed by atoms with E-state index in [1.54, 1.807) is 0 Å². The molecule has 3 heteroatoms. The number of rotatable bonds is 3. The van der Waals surface area contributed by atoms with Crippen LogP contribution in [0, 0.1) is 11.8 Å². The summed E-state index contributed by atoms with van der Waals surface area (Å²) in [5, 5.41) is 6.89. The van der Waals surface area contributed by atoms with E-state index >= 15 is 0 Å². The van der Waals surface area contributed by atoms with Gasteiger partial charge in [0.2, 0.25) is 5.91 Å². The molecule has 2 bridgehead atoms. The van der Waals surface area contributed by atoms with Crippen molar-refractivity contribution in [2.75, 3.05) is 0 Å². The molecule has 3 unspecified atom stereocenters. The van der Waals surface area contributed by atoms with Crippen LogP contribution in [0.1, 0.15) is 64.7 Å². The van der Waals surface area contributed by atoms with Crippen LogP contribution in [-0.2, 0) is 4.79 Å². The number of fused-ring (bicyclic) bond motifs is 2. The summed E-state index contributed by atoms with van der Waals surface area (Å²) in [6.45, 7) is 2.22. The highest BCUT2D eigenvalue weighted by Gasteiger charge is 2.43. The average Bonchev–Trinajstić information content (AvgIpc) is 2.92. The van der Waals surface area contributed by atoms with Gasteiger partial charge in [0.1, 0.15) is 0 Å². The Kier molecular flexibility index (Phi) is 4.11. The van der Waals surface area contributed by atoms with E-state index in [4.69, 9.17) is 0 Å². The van der Waals surface area contributed by atoms with E-state index in [0.717, 1.165) is 6.42 Å². The zero-order valence-corrected chi connectivity index (χ0v) is 12.2. The molecule has 1 amide bonds. The SMILES string of the molecule is C[C@H](NC(=O)C1CC2CCC1N2)C1CCCCCC1. The Hall–Kier alpha value is -0.570. The van der Waals surface area contributed by atoms with Crippen LogP contribution in [0.2, 0.25) is 0 Å². The fraction of sp³-hybridized carbons (Fsp3) is 0.938. The molecular weight excluding hydrogens is 236 g/mol. The molecule has 0 aromatic rings. The third kappa shape index (κ3) is 2.96. The van der Waals surface area contributed by atoms with Crippen molar-refractivity contribution in [2.45, 2.75) is 82.8 Å². The maximum absolute atomic E-state index is 12.4. The van der Waals surface area contributed by atoms with Gasteiger partial charge in [-0.3, -0.25) is 4.79 Å². The van der Waals surface area contributed by atoms with E-state index in [-0.39, 0.29) is 5.92 Å². The third-order valence-electron chi connectivity index (χ3n) is 5.61. The fourth-order valence-corrected chi connectivity index (χ4v) is 4.37. The van der Waals surface area contributed by atoms with Crippen molar-refractivity contribution in [3.8, 4) is 0 Å². The molecule has 4 atom stereocenters. The highest BCUT2D eigenvalue weighted by Crippen LogP contribution is 2.33. The summed E-state index contributed by atoms with van der Waals surface area (Å²) in [6.07, 6.45) is 11.6. The van der Waals surface area contributed by atoms with Crippen molar-refractivity contribution in [1.29, 1.82) is 0 Å². The van der Waals surface area contributed by atoms with Gasteiger partial charge in [-0.1, -0.05) is 25.7 Å². The zero-order valence-electron chi connectivity index (χ0n) is 12.2. The van der Waals surface area contributed by atoms with Crippen molar-refractivity contribution in [3.63, 3.8) is 0 Å². The van der Waals surface area contributed by atoms with Gasteiger partial charge < -0.3 is 10.6 Å². The molecule has 0 aromatic heterocycles. The highest BCUT2D eigenvalue weighted by atomic mass is 16.2. The van der Waals surface area contributed by atoms with E-state index in [2.05, 4.69) is 17.6 Å². The van der Waals surface area contributed by atoms with Crippen LogP contribution in [0.25, 0.3) is 0 Å². The van der Waals surface area contributed by atoms with E-state index < -0.39 is 0 Å². The van der Waals surface area contributed by atoms with Gasteiger partial charge in [-0.15, -0.1) is 0 Å². The molecule has 2 heterocycles. The second-order valence-corrected chi connectivity index (χ2v) is 6.94. The smallest absolute Gasteiger partial charge is 0.224 e. The molecule has 1 aliphatic carbocycles. The minimum atomic E-state index is 0.243. The number of nitrogens with one attached hydrogen (secondary N) is 2. The van der Waals surface area contributed by atoms with Gasteiger partial charge in [0.15, 0.2) is 0 Å². The standard InChI is InChI=1S/C16H28N2O/c1-11(12-6-4-2-3-5-7-12)17-16(19)14-10-13-8-9-15(14)18-13/h11-15,18H,2-10H2,1H3,(H,17,19)/t11-,13?,14?,15?/m0/s1. The summed E-state index contributed by atoms with van der Waals surface area (Å²) in [7, 11) is 0. The molecule has 0 aromatic carbocycles. The number of hydrogen-bond donors (Lipinski definition) is 2. The molecule has 2 aliphatic heterocycles. The molecular formula is C16H28N2O. The predicted octanol–water partition coefficient (Wildman–Crippen LogP) is 2.60. The summed E-state index contributed by atoms with van der Waals surface area (Å²) in [6, 6.07) is 1.45. The van der Waals surface area contributed by atoms with Crippen molar-refractivity contribution in [2.24, 2.45) is 11.8 Å². The Morgan fingerprint density at radius 3 is 2.42 bits per heavy atom. The Bertz CT molecular complexity index is 323. The van der Waals surface area contributed by atoms with Gasteiger partial charge in [0.25, 0.3) is 0 Å². The Balaban J connectivity index is 1.51. The first kappa shape index (κ1) is 13.4. The fourth-order valence-electron chi connectivity index (χ4n) is 4.37. The van der Waals surface area contributed by atoms with Gasteiger partial charge in [-0.25, -0.2) is 0 Å². The van der Waals surface area contributed by atoms with Crippen molar-refractivity contribution >= 4 is 5.91 Å². The van der Waals surface area contributed by atoms with E-state index in [0.29, 0.717) is 30.0 Å². The topological polar surface area (TPSA) is 41.1 Å². The summed E-state index contributed by atoms with van der Waals surface area (Å²) in [5.41, 5.74) is 0. The number of hydrogen-bond acceptors (Lipinski definition) is 2. The Morgan fingerprint density at radius 2 is 1.84 bits per heavy atom. The molecule has 3 rings (SSSR count). The normalized spacial score (nSPS) is 37.0. The molecule has 108 valence electrons. The average molecular weight is 264 g/mol. The van der Waals surface area contributed by atoms with Crippen molar-refractivity contribution < 1.29 is 4.79 Å². The second-order valence-electron chi connectivity index (χ2n) is 6.94. The maximum Gasteiger partial charge on any atom is 0.224 e. The van der Waals surface area contributed by atoms with Gasteiger partial charge >= 0.3 is 0 Å². The van der Waals surface area contributed by atoms with Crippen molar-refractivity contribution in [1.82, 2.24) is 10.6 Å². The van der Waals surface area contributed by atoms with Gasteiger partial charge in [-0.2, -0.15) is 0 Å². The quantitative estimate of drug-likeness (QED) is 0.769. The number of carbonyl (C=O) groups is 1. The summed E-state index contributed by atoms with van der Waals surface area (Å²) >= 11 is 0. The summed E-state index contributed by atoms with van der Waals surface area (Å²) in [5.74, 6) is 1.27. The third-order valence-corrected chi connectivity index (χ3v) is 5.61. The summed E-state index contributed by atoms with van der Waals surface area (Å²) < 4.78 is 0. The second kappa shape index (κ2) is 5.82. The lowest BCUT2D eigenvalue weighted by Crippen LogP contribution is -2.44. The number of amides is 1. The molecule has 2 N–H and O–H groups in total. The van der Waals surface area contributed by atoms with Crippen LogP contribution in [-0.4, -0.2) is 24.0 Å². The van der Waals surface area contributed by atoms with Crippen LogP contribution in [0.4, 0.5) is 0 Å². The van der Waals surface area contributed by atoms with Gasteiger partial charge in [-0.05, 0) is 44.9 Å². The molecule has 3 fully saturated rings. The molecule has 3 nitrogen and oxygen atoms in total. The molecule has 19 heavy (non-hydrogen) atoms. The van der Waals surface area contributed by atoms with Crippen LogP contribution in [0.3, 0.4) is 0 Å². The van der Waals surface area contributed by atoms with Gasteiger partial charge in [0, 0.05) is 18.1 Å². The lowest BCUT2D eigenvalue weighted by Gasteiger charge is -2.27. The van der Waals surface area contributed by atoms with Crippen molar-refractivity contribution in [3.05, 3.63) is 0 Å². The van der Waals surface area contributed by atoms with E-state index in [1.807, 2.05) is 0 Å². The van der Waals surface area contributed by atoms with Crippen LogP contribution < -0.4 is 10.6 Å². The molecule has 3 aliphatic rings. The maximum atomic E-state index is 12.4. The first-order valence-corrected chi connectivity index (χ1v) is 8.30. The molecule has 1 saturated carbocycles. The molecule has 0 spiro atoms. The van der Waals surface area contributed by atoms with Crippen LogP contribution in [0.15, 0.2) is 0 Å². The minimum Gasteiger partial charge on any atom is -0.353 e. The lowest BCUT2D eigenvalue weighted by atomic mass is 9.87. The van der Waals surface area contributed by atoms with Crippen LogP contribution in [0.5, 0.6) is 0 Å². The molecule has 2 saturated heterocycles. The monoisotopic (exact) mass is 264 g/mol. The minimum absolute atomic E-state index is 0.243. The first-order chi connectivity index (χ1) is 9.24. The predicted molar refractivity (Wildman–Crippen MR) is 76.8 cm³/mol. The van der Waals surface area contributed by atoms with Gasteiger partial charge in [0.05, 0.1) is 5.92 Å².